The van der Waals surface area contributed by atoms with Gasteiger partial charge in [-0.1, -0.05) is 18.2 Å². The molecule has 0 bridgehead atoms. The molecule has 4 heterocycles. The summed E-state index contributed by atoms with van der Waals surface area (Å²) in [6, 6.07) is 16.0. The van der Waals surface area contributed by atoms with E-state index in [4.69, 9.17) is 0 Å². The number of anilines is 2. The zero-order valence-corrected chi connectivity index (χ0v) is 16.7. The average Bonchev–Trinajstić information content (AvgIpc) is 3.32. The summed E-state index contributed by atoms with van der Waals surface area (Å²) >= 11 is 0. The van der Waals surface area contributed by atoms with Gasteiger partial charge in [0.05, 0.1) is 23.8 Å². The maximum absolute atomic E-state index is 4.55. The quantitative estimate of drug-likeness (QED) is 0.486. The smallest absolute Gasteiger partial charge is 0.170 e. The van der Waals surface area contributed by atoms with E-state index in [-0.39, 0.29) is 0 Å². The van der Waals surface area contributed by atoms with Gasteiger partial charge < -0.3 is 5.32 Å². The third-order valence-corrected chi connectivity index (χ3v) is 4.86. The van der Waals surface area contributed by atoms with Gasteiger partial charge in [0.25, 0.3) is 0 Å². The second kappa shape index (κ2) is 7.40. The number of aromatic nitrogens is 7. The van der Waals surface area contributed by atoms with Gasteiger partial charge in [-0.05, 0) is 49.7 Å². The molecule has 0 aliphatic heterocycles. The second-order valence-electron chi connectivity index (χ2n) is 7.11. The monoisotopic (exact) mass is 396 g/mol. The van der Waals surface area contributed by atoms with Crippen LogP contribution in [-0.2, 0) is 6.54 Å². The van der Waals surface area contributed by atoms with E-state index >= 15 is 0 Å². The molecule has 0 fully saturated rings. The Kier molecular flexibility index (Phi) is 4.44. The molecule has 5 aromatic rings. The van der Waals surface area contributed by atoms with E-state index in [0.717, 1.165) is 28.0 Å². The highest BCUT2D eigenvalue weighted by Gasteiger charge is 2.12. The molecule has 0 aliphatic rings. The number of rotatable bonds is 5. The molecule has 1 aromatic carbocycles. The fourth-order valence-electron chi connectivity index (χ4n) is 3.48. The lowest BCUT2D eigenvalue weighted by Gasteiger charge is -2.10. The Balaban J connectivity index is 1.45. The summed E-state index contributed by atoms with van der Waals surface area (Å²) in [7, 11) is 0. The molecule has 0 aliphatic carbocycles. The first-order chi connectivity index (χ1) is 14.7. The highest BCUT2D eigenvalue weighted by molar-refractivity contribution is 5.88. The molecular weight excluding hydrogens is 376 g/mol. The molecule has 0 saturated heterocycles. The highest BCUT2D eigenvalue weighted by Crippen LogP contribution is 2.24. The Morgan fingerprint density at radius 1 is 0.967 bits per heavy atom. The largest absolute Gasteiger partial charge is 0.340 e. The molecular formula is C22H20N8. The number of fused-ring (bicyclic) bond motifs is 1. The van der Waals surface area contributed by atoms with Gasteiger partial charge in [-0.25, -0.2) is 15.0 Å². The topological polar surface area (TPSA) is 86.3 Å². The van der Waals surface area contributed by atoms with Crippen molar-refractivity contribution in [2.75, 3.05) is 5.32 Å². The minimum absolute atomic E-state index is 0.699. The van der Waals surface area contributed by atoms with Crippen molar-refractivity contribution in [1.82, 2.24) is 34.5 Å². The van der Waals surface area contributed by atoms with E-state index in [1.54, 1.807) is 17.1 Å². The maximum atomic E-state index is 4.55. The van der Waals surface area contributed by atoms with Crippen LogP contribution in [0.3, 0.4) is 0 Å². The molecule has 0 amide bonds. The molecule has 4 aromatic heterocycles. The van der Waals surface area contributed by atoms with Gasteiger partial charge in [-0.3, -0.25) is 4.68 Å². The first kappa shape index (κ1) is 18.0. The van der Waals surface area contributed by atoms with Crippen molar-refractivity contribution in [2.24, 2.45) is 0 Å². The summed E-state index contributed by atoms with van der Waals surface area (Å²) in [6.07, 6.45) is 5.02. The van der Waals surface area contributed by atoms with Gasteiger partial charge in [-0.2, -0.15) is 14.9 Å². The lowest BCUT2D eigenvalue weighted by Crippen LogP contribution is -2.04. The molecule has 8 heteroatoms. The first-order valence-electron chi connectivity index (χ1n) is 9.64. The van der Waals surface area contributed by atoms with Crippen molar-refractivity contribution in [1.29, 1.82) is 0 Å². The van der Waals surface area contributed by atoms with Crippen LogP contribution < -0.4 is 5.32 Å². The fourth-order valence-corrected chi connectivity index (χ4v) is 3.48. The van der Waals surface area contributed by atoms with Gasteiger partial charge in [-0.15, -0.1) is 0 Å². The molecule has 0 unspecified atom stereocenters. The van der Waals surface area contributed by atoms with E-state index in [1.165, 1.54) is 6.33 Å². The molecule has 5 rings (SSSR count). The van der Waals surface area contributed by atoms with Crippen molar-refractivity contribution < 1.29 is 0 Å². The van der Waals surface area contributed by atoms with E-state index in [9.17, 15) is 0 Å². The number of hydrogen-bond acceptors (Lipinski definition) is 6. The van der Waals surface area contributed by atoms with Gasteiger partial charge in [0.15, 0.2) is 11.5 Å². The van der Waals surface area contributed by atoms with Crippen molar-refractivity contribution in [2.45, 2.75) is 20.4 Å². The summed E-state index contributed by atoms with van der Waals surface area (Å²) in [5, 5.41) is 13.2. The SMILES string of the molecule is Cc1cc(C)n(Cc2cccc(Nc3ncnc4c3cnn4-c3ccccn3)c2)n1. The third kappa shape index (κ3) is 3.39. The molecule has 30 heavy (non-hydrogen) atoms. The Morgan fingerprint density at radius 3 is 2.70 bits per heavy atom. The van der Waals surface area contributed by atoms with Crippen molar-refractivity contribution in [3.8, 4) is 5.82 Å². The van der Waals surface area contributed by atoms with Crippen LogP contribution in [-0.4, -0.2) is 34.5 Å². The van der Waals surface area contributed by atoms with Crippen molar-refractivity contribution >= 4 is 22.5 Å². The summed E-state index contributed by atoms with van der Waals surface area (Å²) in [5.41, 5.74) is 4.96. The molecule has 0 spiro atoms. The maximum Gasteiger partial charge on any atom is 0.170 e. The highest BCUT2D eigenvalue weighted by atomic mass is 15.3. The summed E-state index contributed by atoms with van der Waals surface area (Å²) in [4.78, 5) is 13.2. The Hall–Kier alpha value is -4.07. The molecule has 8 nitrogen and oxygen atoms in total. The number of nitrogens with zero attached hydrogens (tertiary/aromatic N) is 7. The Labute approximate surface area is 173 Å². The molecule has 0 atom stereocenters. The second-order valence-corrected chi connectivity index (χ2v) is 7.11. The van der Waals surface area contributed by atoms with Crippen LogP contribution in [0, 0.1) is 13.8 Å². The Morgan fingerprint density at radius 2 is 1.90 bits per heavy atom. The van der Waals surface area contributed by atoms with Crippen molar-refractivity contribution in [3.63, 3.8) is 0 Å². The van der Waals surface area contributed by atoms with Crippen LogP contribution in [0.2, 0.25) is 0 Å². The number of benzene rings is 1. The summed E-state index contributed by atoms with van der Waals surface area (Å²) in [5.74, 6) is 1.41. The Bertz CT molecular complexity index is 1320. The van der Waals surface area contributed by atoms with Crippen LogP contribution in [0.15, 0.2) is 67.3 Å². The zero-order chi connectivity index (χ0) is 20.5. The van der Waals surface area contributed by atoms with E-state index in [1.807, 2.05) is 41.9 Å². The fraction of sp³-hybridized carbons (Fsp3) is 0.136. The number of hydrogen-bond donors (Lipinski definition) is 1. The molecule has 0 saturated carbocycles. The van der Waals surface area contributed by atoms with Crippen LogP contribution in [0.4, 0.5) is 11.5 Å². The normalized spacial score (nSPS) is 11.1. The minimum Gasteiger partial charge on any atom is -0.340 e. The lowest BCUT2D eigenvalue weighted by molar-refractivity contribution is 0.659. The van der Waals surface area contributed by atoms with E-state index in [0.29, 0.717) is 23.8 Å². The molecule has 148 valence electrons. The first-order valence-corrected chi connectivity index (χ1v) is 9.64. The molecule has 0 radical (unpaired) electrons. The minimum atomic E-state index is 0.699. The van der Waals surface area contributed by atoms with Crippen LogP contribution in [0.5, 0.6) is 0 Å². The van der Waals surface area contributed by atoms with Crippen molar-refractivity contribution in [3.05, 3.63) is 84.2 Å². The third-order valence-electron chi connectivity index (χ3n) is 4.86. The van der Waals surface area contributed by atoms with Crippen LogP contribution >= 0.6 is 0 Å². The number of aryl methyl sites for hydroxylation is 2. The van der Waals surface area contributed by atoms with Gasteiger partial charge in [0.1, 0.15) is 12.1 Å². The predicted octanol–water partition coefficient (Wildman–Crippen LogP) is 3.82. The number of nitrogens with one attached hydrogen (secondary N) is 1. The van der Waals surface area contributed by atoms with Crippen LogP contribution in [0.1, 0.15) is 17.0 Å². The zero-order valence-electron chi connectivity index (χ0n) is 16.7. The van der Waals surface area contributed by atoms with Gasteiger partial charge in [0, 0.05) is 17.6 Å². The standard InChI is InChI=1S/C22H20N8/c1-15-10-16(2)29(28-15)13-17-6-5-7-18(11-17)27-21-19-12-26-30(22(19)25-14-24-21)20-8-3-4-9-23-20/h3-12,14H,13H2,1-2H3,(H,24,25,27). The lowest BCUT2D eigenvalue weighted by atomic mass is 10.2. The summed E-state index contributed by atoms with van der Waals surface area (Å²) < 4.78 is 3.72. The predicted molar refractivity (Wildman–Crippen MR) is 115 cm³/mol. The van der Waals surface area contributed by atoms with Crippen LogP contribution in [0.25, 0.3) is 16.9 Å². The van der Waals surface area contributed by atoms with Gasteiger partial charge >= 0.3 is 0 Å². The van der Waals surface area contributed by atoms with E-state index in [2.05, 4.69) is 55.6 Å². The average molecular weight is 396 g/mol. The van der Waals surface area contributed by atoms with Gasteiger partial charge in [0.2, 0.25) is 0 Å². The number of pyridine rings is 1. The molecule has 1 N–H and O–H groups in total. The summed E-state index contributed by atoms with van der Waals surface area (Å²) in [6.45, 7) is 4.79. The van der Waals surface area contributed by atoms with E-state index < -0.39 is 0 Å².